The van der Waals surface area contributed by atoms with E-state index in [-0.39, 0.29) is 11.3 Å². The van der Waals surface area contributed by atoms with Crippen LogP contribution < -0.4 is 0 Å². The summed E-state index contributed by atoms with van der Waals surface area (Å²) in [6.45, 7) is 3.16. The quantitative estimate of drug-likeness (QED) is 0.620. The van der Waals surface area contributed by atoms with Crippen molar-refractivity contribution in [3.63, 3.8) is 0 Å². The predicted octanol–water partition coefficient (Wildman–Crippen LogP) is 3.70. The summed E-state index contributed by atoms with van der Waals surface area (Å²) in [6.07, 6.45) is 0. The van der Waals surface area contributed by atoms with Gasteiger partial charge in [0.1, 0.15) is 22.4 Å². The first-order valence-corrected chi connectivity index (χ1v) is 9.19. The molecule has 7 heteroatoms. The van der Waals surface area contributed by atoms with Crippen LogP contribution in [0.25, 0.3) is 16.8 Å². The minimum atomic E-state index is 0.0658. The first kappa shape index (κ1) is 17.1. The molecule has 0 radical (unpaired) electrons. The lowest BCUT2D eigenvalue weighted by molar-refractivity contribution is 0.0381. The Hall–Kier alpha value is -1.72. The Morgan fingerprint density at radius 2 is 2.04 bits per heavy atom. The monoisotopic (exact) mass is 405 g/mol. The second kappa shape index (κ2) is 7.90. The van der Waals surface area contributed by atoms with Gasteiger partial charge in [-0.3, -0.25) is 4.90 Å². The van der Waals surface area contributed by atoms with E-state index >= 15 is 0 Å². The molecule has 1 aliphatic rings. The van der Waals surface area contributed by atoms with Crippen molar-refractivity contribution in [3.05, 3.63) is 44.9 Å². The molecule has 1 aromatic carbocycles. The number of benzene rings is 1. The minimum absolute atomic E-state index is 0.0658. The fourth-order valence-electron chi connectivity index (χ4n) is 2.43. The third-order valence-corrected chi connectivity index (χ3v) is 5.12. The molecule has 0 spiro atoms. The molecule has 24 heavy (non-hydrogen) atoms. The zero-order valence-corrected chi connectivity index (χ0v) is 15.3. The average Bonchev–Trinajstić information content (AvgIpc) is 3.07. The fraction of sp³-hybridized carbons (Fsp3) is 0.294. The molecule has 0 bridgehead atoms. The van der Waals surface area contributed by atoms with Crippen LogP contribution >= 0.6 is 27.3 Å². The number of hydrogen-bond acceptors (Lipinski definition) is 6. The van der Waals surface area contributed by atoms with Crippen molar-refractivity contribution >= 4 is 32.8 Å². The molecule has 2 heterocycles. The van der Waals surface area contributed by atoms with E-state index < -0.39 is 0 Å². The molecule has 0 aliphatic carbocycles. The summed E-state index contributed by atoms with van der Waals surface area (Å²) in [7, 11) is 0. The van der Waals surface area contributed by atoms with Crippen LogP contribution in [0.1, 0.15) is 5.01 Å². The number of nitrogens with zero attached hydrogens (tertiary/aromatic N) is 3. The second-order valence-electron chi connectivity index (χ2n) is 5.37. The van der Waals surface area contributed by atoms with Crippen LogP contribution in [-0.2, 0) is 4.74 Å². The molecule has 1 aliphatic heterocycles. The summed E-state index contributed by atoms with van der Waals surface area (Å²) in [6, 6.07) is 9.92. The van der Waals surface area contributed by atoms with Crippen molar-refractivity contribution in [1.29, 1.82) is 5.26 Å². The van der Waals surface area contributed by atoms with Gasteiger partial charge in [-0.1, -0.05) is 28.1 Å². The summed E-state index contributed by atoms with van der Waals surface area (Å²) in [5, 5.41) is 22.3. The van der Waals surface area contributed by atoms with Crippen molar-refractivity contribution < 1.29 is 9.84 Å². The van der Waals surface area contributed by atoms with Crippen LogP contribution in [0, 0.1) is 11.3 Å². The molecule has 0 saturated carbocycles. The molecule has 2 aromatic rings. The van der Waals surface area contributed by atoms with Crippen LogP contribution in [0.2, 0.25) is 0 Å². The Kier molecular flexibility index (Phi) is 5.63. The molecule has 1 saturated heterocycles. The molecule has 0 unspecified atom stereocenters. The van der Waals surface area contributed by atoms with E-state index in [1.54, 1.807) is 0 Å². The van der Waals surface area contributed by atoms with Crippen molar-refractivity contribution in [2.24, 2.45) is 0 Å². The highest BCUT2D eigenvalue weighted by Crippen LogP contribution is 2.28. The van der Waals surface area contributed by atoms with E-state index in [2.05, 4.69) is 31.9 Å². The maximum Gasteiger partial charge on any atom is 0.138 e. The third kappa shape index (κ3) is 4.02. The Labute approximate surface area is 153 Å². The van der Waals surface area contributed by atoms with Gasteiger partial charge in [0.2, 0.25) is 0 Å². The molecule has 1 N–H and O–H groups in total. The lowest BCUT2D eigenvalue weighted by atomic mass is 10.2. The number of nitriles is 1. The summed E-state index contributed by atoms with van der Waals surface area (Å²) in [5.41, 5.74) is 2.02. The Morgan fingerprint density at radius 3 is 2.71 bits per heavy atom. The smallest absolute Gasteiger partial charge is 0.138 e. The van der Waals surface area contributed by atoms with Crippen molar-refractivity contribution in [2.75, 3.05) is 32.8 Å². The van der Waals surface area contributed by atoms with Crippen molar-refractivity contribution in [1.82, 2.24) is 9.88 Å². The summed E-state index contributed by atoms with van der Waals surface area (Å²) >= 11 is 4.77. The Balaban J connectivity index is 1.81. The van der Waals surface area contributed by atoms with Gasteiger partial charge in [-0.05, 0) is 12.1 Å². The molecule has 0 amide bonds. The molecule has 5 nitrogen and oxygen atoms in total. The minimum Gasteiger partial charge on any atom is -0.509 e. The lowest BCUT2D eigenvalue weighted by Gasteiger charge is -2.26. The number of halogens is 1. The van der Waals surface area contributed by atoms with Crippen LogP contribution in [0.15, 0.2) is 39.9 Å². The number of aliphatic hydroxyl groups excluding tert-OH is 1. The fourth-order valence-corrected chi connectivity index (χ4v) is 3.54. The number of allylic oxidation sites excluding steroid dienone is 1. The summed E-state index contributed by atoms with van der Waals surface area (Å²) in [4.78, 5) is 6.58. The molecule has 1 fully saturated rings. The van der Waals surface area contributed by atoms with Gasteiger partial charge in [0, 0.05) is 28.5 Å². The molecular weight excluding hydrogens is 390 g/mol. The first-order chi connectivity index (χ1) is 11.7. The summed E-state index contributed by atoms with van der Waals surface area (Å²) < 4.78 is 6.30. The molecule has 0 atom stereocenters. The Morgan fingerprint density at radius 1 is 1.33 bits per heavy atom. The van der Waals surface area contributed by atoms with E-state index in [0.717, 1.165) is 28.8 Å². The van der Waals surface area contributed by atoms with Gasteiger partial charge >= 0.3 is 0 Å². The van der Waals surface area contributed by atoms with Crippen LogP contribution in [0.5, 0.6) is 0 Å². The number of rotatable bonds is 4. The number of thiazole rings is 1. The molecular formula is C17H16BrN3O2S. The van der Waals surface area contributed by atoms with Gasteiger partial charge in [0.25, 0.3) is 0 Å². The first-order valence-electron chi connectivity index (χ1n) is 7.51. The zero-order valence-electron chi connectivity index (χ0n) is 12.9. The molecule has 1 aromatic heterocycles. The average molecular weight is 406 g/mol. The van der Waals surface area contributed by atoms with Gasteiger partial charge < -0.3 is 9.84 Å². The highest BCUT2D eigenvalue weighted by Gasteiger charge is 2.18. The van der Waals surface area contributed by atoms with E-state index in [1.807, 2.05) is 29.6 Å². The highest BCUT2D eigenvalue weighted by atomic mass is 79.9. The van der Waals surface area contributed by atoms with E-state index in [9.17, 15) is 10.4 Å². The number of hydrogen-bond donors (Lipinski definition) is 1. The normalized spacial score (nSPS) is 16.5. The number of aliphatic hydroxyl groups is 1. The van der Waals surface area contributed by atoms with E-state index in [1.165, 1.54) is 11.3 Å². The van der Waals surface area contributed by atoms with Gasteiger partial charge in [-0.2, -0.15) is 5.26 Å². The molecule has 124 valence electrons. The largest absolute Gasteiger partial charge is 0.509 e. The highest BCUT2D eigenvalue weighted by molar-refractivity contribution is 9.10. The van der Waals surface area contributed by atoms with Crippen molar-refractivity contribution in [2.45, 2.75) is 0 Å². The van der Waals surface area contributed by atoms with E-state index in [4.69, 9.17) is 4.74 Å². The maximum absolute atomic E-state index is 10.4. The van der Waals surface area contributed by atoms with Crippen LogP contribution in [0.3, 0.4) is 0 Å². The number of aromatic nitrogens is 1. The van der Waals surface area contributed by atoms with Crippen molar-refractivity contribution in [3.8, 4) is 17.3 Å². The van der Waals surface area contributed by atoms with Gasteiger partial charge in [-0.25, -0.2) is 4.98 Å². The molecule has 3 rings (SSSR count). The number of morpholine rings is 1. The van der Waals surface area contributed by atoms with Gasteiger partial charge in [-0.15, -0.1) is 11.3 Å². The SMILES string of the molecule is N#C/C(=C(/O)CN1CCOCC1)c1nc(-c2ccc(Br)cc2)cs1. The lowest BCUT2D eigenvalue weighted by Crippen LogP contribution is -2.37. The van der Waals surface area contributed by atoms with Gasteiger partial charge in [0.15, 0.2) is 0 Å². The number of ether oxygens (including phenoxy) is 1. The maximum atomic E-state index is 10.4. The summed E-state index contributed by atoms with van der Waals surface area (Å²) in [5.74, 6) is 0.0658. The van der Waals surface area contributed by atoms with Gasteiger partial charge in [0.05, 0.1) is 25.5 Å². The van der Waals surface area contributed by atoms with Crippen LogP contribution in [0.4, 0.5) is 0 Å². The Bertz CT molecular complexity index is 774. The standard InChI is InChI=1S/C17H16BrN3O2S/c18-13-3-1-12(2-4-13)15-11-24-17(20-15)14(9-19)16(22)10-21-5-7-23-8-6-21/h1-4,11,22H,5-8,10H2/b16-14-. The zero-order chi connectivity index (χ0) is 16.9. The second-order valence-corrected chi connectivity index (χ2v) is 7.14. The third-order valence-electron chi connectivity index (χ3n) is 3.74. The predicted molar refractivity (Wildman–Crippen MR) is 97.7 cm³/mol. The van der Waals surface area contributed by atoms with Crippen LogP contribution in [-0.4, -0.2) is 47.8 Å². The topological polar surface area (TPSA) is 69.4 Å². The van der Waals surface area contributed by atoms with E-state index in [0.29, 0.717) is 24.8 Å².